The zero-order valence-electron chi connectivity index (χ0n) is 16.3. The van der Waals surface area contributed by atoms with Crippen molar-refractivity contribution in [1.29, 1.82) is 0 Å². The lowest BCUT2D eigenvalue weighted by Gasteiger charge is -2.28. The van der Waals surface area contributed by atoms with Gasteiger partial charge < -0.3 is 20.9 Å². The highest BCUT2D eigenvalue weighted by Gasteiger charge is 2.16. The van der Waals surface area contributed by atoms with Gasteiger partial charge in [-0.1, -0.05) is 18.2 Å². The molecule has 0 bridgehead atoms. The lowest BCUT2D eigenvalue weighted by Crippen LogP contribution is -2.47. The van der Waals surface area contributed by atoms with E-state index in [1.54, 1.807) is 0 Å². The fraction of sp³-hybridized carbons (Fsp3) is 0.381. The van der Waals surface area contributed by atoms with Crippen molar-refractivity contribution in [2.24, 2.45) is 4.99 Å². The van der Waals surface area contributed by atoms with Crippen LogP contribution in [0.1, 0.15) is 18.2 Å². The Bertz CT molecular complexity index is 775. The summed E-state index contributed by atoms with van der Waals surface area (Å²) in [6.07, 6.45) is 2.66. The number of hydrogen-bond donors (Lipinski definition) is 3. The minimum Gasteiger partial charge on any atom is -0.360 e. The number of hydrogen-bond acceptors (Lipinski definition) is 4. The SMILES string of the molecule is CCNC(=NCc1ccc(N2CCNC(=O)C2)cc1)NCCc1ccccn1. The topological polar surface area (TPSA) is 81.7 Å². The molecule has 1 fully saturated rings. The number of piperazine rings is 1. The van der Waals surface area contributed by atoms with Crippen molar-refractivity contribution >= 4 is 17.6 Å². The second kappa shape index (κ2) is 10.3. The summed E-state index contributed by atoms with van der Waals surface area (Å²) in [5.74, 6) is 0.877. The molecule has 3 N–H and O–H groups in total. The molecule has 1 aliphatic rings. The molecule has 0 spiro atoms. The molecule has 148 valence electrons. The number of nitrogens with one attached hydrogen (secondary N) is 3. The number of anilines is 1. The van der Waals surface area contributed by atoms with Crippen LogP contribution in [0.2, 0.25) is 0 Å². The van der Waals surface area contributed by atoms with E-state index in [2.05, 4.69) is 62.0 Å². The first-order chi connectivity index (χ1) is 13.7. The molecule has 0 saturated carbocycles. The normalized spacial score (nSPS) is 14.5. The number of aliphatic imine (C=N–C) groups is 1. The molecule has 1 aromatic carbocycles. The number of aromatic nitrogens is 1. The van der Waals surface area contributed by atoms with Crippen LogP contribution in [-0.2, 0) is 17.8 Å². The summed E-state index contributed by atoms with van der Waals surface area (Å²) in [6.45, 7) is 6.20. The van der Waals surface area contributed by atoms with Crippen molar-refractivity contribution in [3.05, 3.63) is 59.9 Å². The third-order valence-electron chi connectivity index (χ3n) is 4.50. The standard InChI is InChI=1S/C21H28N6O/c1-2-22-21(25-12-10-18-5-3-4-11-23-18)26-15-17-6-8-19(9-7-17)27-14-13-24-20(28)16-27/h3-9,11H,2,10,12-16H2,1H3,(H,24,28)(H2,22,25,26). The molecule has 7 heteroatoms. The first kappa shape index (κ1) is 19.7. The molecule has 0 atom stereocenters. The number of carbonyl (C=O) groups excluding carboxylic acids is 1. The van der Waals surface area contributed by atoms with Crippen LogP contribution in [0.15, 0.2) is 53.7 Å². The molecular formula is C21H28N6O. The van der Waals surface area contributed by atoms with Gasteiger partial charge in [-0.3, -0.25) is 9.78 Å². The molecule has 7 nitrogen and oxygen atoms in total. The van der Waals surface area contributed by atoms with Gasteiger partial charge >= 0.3 is 0 Å². The van der Waals surface area contributed by atoms with Gasteiger partial charge in [0.1, 0.15) is 0 Å². The number of benzene rings is 1. The summed E-state index contributed by atoms with van der Waals surface area (Å²) >= 11 is 0. The fourth-order valence-corrected chi connectivity index (χ4v) is 3.04. The third-order valence-corrected chi connectivity index (χ3v) is 4.50. The third kappa shape index (κ3) is 5.97. The van der Waals surface area contributed by atoms with Crippen LogP contribution in [0, 0.1) is 0 Å². The van der Waals surface area contributed by atoms with Gasteiger partial charge in [0, 0.05) is 50.2 Å². The van der Waals surface area contributed by atoms with Crippen LogP contribution in [0.5, 0.6) is 0 Å². The zero-order chi connectivity index (χ0) is 19.6. The second-order valence-corrected chi connectivity index (χ2v) is 6.63. The maximum atomic E-state index is 11.5. The molecule has 0 unspecified atom stereocenters. The van der Waals surface area contributed by atoms with Crippen LogP contribution in [-0.4, -0.2) is 49.6 Å². The molecule has 3 rings (SSSR count). The summed E-state index contributed by atoms with van der Waals surface area (Å²) in [5.41, 5.74) is 3.27. The first-order valence-electron chi connectivity index (χ1n) is 9.77. The fourth-order valence-electron chi connectivity index (χ4n) is 3.04. The molecule has 28 heavy (non-hydrogen) atoms. The Morgan fingerprint density at radius 3 is 2.79 bits per heavy atom. The summed E-state index contributed by atoms with van der Waals surface area (Å²) in [4.78, 5) is 22.6. The number of guanidine groups is 1. The Kier molecular flexibility index (Phi) is 7.23. The number of carbonyl (C=O) groups is 1. The summed E-state index contributed by atoms with van der Waals surface area (Å²) in [5, 5.41) is 9.48. The lowest BCUT2D eigenvalue weighted by molar-refractivity contribution is -0.120. The smallest absolute Gasteiger partial charge is 0.239 e. The van der Waals surface area contributed by atoms with Gasteiger partial charge in [0.25, 0.3) is 0 Å². The Balaban J connectivity index is 1.52. The Hall–Kier alpha value is -3.09. The number of pyridine rings is 1. The van der Waals surface area contributed by atoms with E-state index < -0.39 is 0 Å². The molecule has 2 heterocycles. The summed E-state index contributed by atoms with van der Waals surface area (Å²) in [6, 6.07) is 14.2. The van der Waals surface area contributed by atoms with Crippen molar-refractivity contribution < 1.29 is 4.79 Å². The van der Waals surface area contributed by atoms with Crippen molar-refractivity contribution in [3.8, 4) is 0 Å². The molecule has 1 aromatic heterocycles. The molecule has 0 aliphatic carbocycles. The van der Waals surface area contributed by atoms with E-state index in [0.717, 1.165) is 49.0 Å². The second-order valence-electron chi connectivity index (χ2n) is 6.63. The quantitative estimate of drug-likeness (QED) is 0.499. The number of amides is 1. The highest BCUT2D eigenvalue weighted by molar-refractivity contribution is 5.82. The van der Waals surface area contributed by atoms with E-state index in [4.69, 9.17) is 0 Å². The Morgan fingerprint density at radius 2 is 2.07 bits per heavy atom. The Labute approximate surface area is 166 Å². The van der Waals surface area contributed by atoms with Crippen molar-refractivity contribution in [3.63, 3.8) is 0 Å². The summed E-state index contributed by atoms with van der Waals surface area (Å²) in [7, 11) is 0. The van der Waals surface area contributed by atoms with Crippen molar-refractivity contribution in [2.75, 3.05) is 37.6 Å². The van der Waals surface area contributed by atoms with Gasteiger partial charge in [-0.05, 0) is 36.8 Å². The monoisotopic (exact) mass is 380 g/mol. The first-order valence-corrected chi connectivity index (χ1v) is 9.77. The van der Waals surface area contributed by atoms with Gasteiger partial charge in [-0.25, -0.2) is 4.99 Å². The molecule has 0 radical (unpaired) electrons. The number of rotatable bonds is 7. The molecular weight excluding hydrogens is 352 g/mol. The van der Waals surface area contributed by atoms with E-state index in [-0.39, 0.29) is 5.91 Å². The van der Waals surface area contributed by atoms with Crippen LogP contribution in [0.4, 0.5) is 5.69 Å². The van der Waals surface area contributed by atoms with Gasteiger partial charge in [0.2, 0.25) is 5.91 Å². The molecule has 1 amide bonds. The van der Waals surface area contributed by atoms with Crippen LogP contribution >= 0.6 is 0 Å². The average Bonchev–Trinajstić information content (AvgIpc) is 2.73. The van der Waals surface area contributed by atoms with Crippen LogP contribution < -0.4 is 20.9 Å². The highest BCUT2D eigenvalue weighted by Crippen LogP contribution is 2.16. The zero-order valence-corrected chi connectivity index (χ0v) is 16.3. The largest absolute Gasteiger partial charge is 0.360 e. The van der Waals surface area contributed by atoms with Gasteiger partial charge in [-0.2, -0.15) is 0 Å². The molecule has 2 aromatic rings. The van der Waals surface area contributed by atoms with Crippen molar-refractivity contribution in [2.45, 2.75) is 19.9 Å². The van der Waals surface area contributed by atoms with Gasteiger partial charge in [0.05, 0.1) is 13.1 Å². The Morgan fingerprint density at radius 1 is 1.21 bits per heavy atom. The van der Waals surface area contributed by atoms with E-state index >= 15 is 0 Å². The van der Waals surface area contributed by atoms with Gasteiger partial charge in [-0.15, -0.1) is 0 Å². The minimum absolute atomic E-state index is 0.0759. The minimum atomic E-state index is 0.0759. The predicted octanol–water partition coefficient (Wildman–Crippen LogP) is 1.32. The van der Waals surface area contributed by atoms with Crippen molar-refractivity contribution in [1.82, 2.24) is 20.9 Å². The van der Waals surface area contributed by atoms with E-state index in [9.17, 15) is 4.79 Å². The number of nitrogens with zero attached hydrogens (tertiary/aromatic N) is 3. The van der Waals surface area contributed by atoms with Gasteiger partial charge in [0.15, 0.2) is 5.96 Å². The maximum Gasteiger partial charge on any atom is 0.239 e. The maximum absolute atomic E-state index is 11.5. The summed E-state index contributed by atoms with van der Waals surface area (Å²) < 4.78 is 0. The van der Waals surface area contributed by atoms with E-state index in [1.807, 2.05) is 24.4 Å². The van der Waals surface area contributed by atoms with E-state index in [1.165, 1.54) is 0 Å². The van der Waals surface area contributed by atoms with Crippen LogP contribution in [0.25, 0.3) is 0 Å². The lowest BCUT2D eigenvalue weighted by atomic mass is 10.2. The average molecular weight is 380 g/mol. The molecule has 1 saturated heterocycles. The highest BCUT2D eigenvalue weighted by atomic mass is 16.2. The predicted molar refractivity (Wildman–Crippen MR) is 112 cm³/mol. The van der Waals surface area contributed by atoms with E-state index in [0.29, 0.717) is 19.6 Å². The molecule has 1 aliphatic heterocycles. The van der Waals surface area contributed by atoms with Crippen LogP contribution in [0.3, 0.4) is 0 Å².